The smallest absolute Gasteiger partial charge is 0.272 e. The van der Waals surface area contributed by atoms with E-state index in [1.807, 2.05) is 42.1 Å². The first-order chi connectivity index (χ1) is 13.1. The Bertz CT molecular complexity index is 744. The van der Waals surface area contributed by atoms with Gasteiger partial charge in [0.25, 0.3) is 5.91 Å². The molecule has 2 N–H and O–H groups in total. The first kappa shape index (κ1) is 22.2. The molecule has 8 heteroatoms. The van der Waals surface area contributed by atoms with Crippen molar-refractivity contribution in [3.8, 4) is 5.75 Å². The second kappa shape index (κ2) is 10.5. The zero-order chi connectivity index (χ0) is 19.2. The lowest BCUT2D eigenvalue weighted by atomic mass is 10.0. The molecule has 0 aliphatic carbocycles. The predicted molar refractivity (Wildman–Crippen MR) is 110 cm³/mol. The molecule has 2 aromatic rings. The van der Waals surface area contributed by atoms with Crippen molar-refractivity contribution in [2.75, 3.05) is 27.3 Å². The molecule has 3 unspecified atom stereocenters. The number of nitrogens with one attached hydrogen (secondary N) is 2. The van der Waals surface area contributed by atoms with Crippen molar-refractivity contribution >= 4 is 18.3 Å². The summed E-state index contributed by atoms with van der Waals surface area (Å²) in [6, 6.07) is 9.53. The Balaban J connectivity index is 0.00000280. The number of halogens is 1. The molecular weight excluding hydrogens is 380 g/mol. The zero-order valence-corrected chi connectivity index (χ0v) is 17.4. The summed E-state index contributed by atoms with van der Waals surface area (Å²) in [5, 5.41) is 10.8. The molecule has 0 bridgehead atoms. The number of methoxy groups -OCH3 is 2. The molecule has 1 aliphatic heterocycles. The van der Waals surface area contributed by atoms with Gasteiger partial charge in [0.05, 0.1) is 19.2 Å². The third kappa shape index (κ3) is 5.25. The molecule has 0 saturated carbocycles. The van der Waals surface area contributed by atoms with Crippen LogP contribution in [0.25, 0.3) is 0 Å². The number of piperidine rings is 1. The lowest BCUT2D eigenvalue weighted by Gasteiger charge is -2.24. The van der Waals surface area contributed by atoms with Crippen molar-refractivity contribution in [3.05, 3.63) is 47.8 Å². The molecule has 1 amide bonds. The normalized spacial score (nSPS) is 18.6. The first-order valence-corrected chi connectivity index (χ1v) is 9.36. The molecule has 154 valence electrons. The number of hydrogen-bond acceptors (Lipinski definition) is 5. The van der Waals surface area contributed by atoms with Crippen LogP contribution < -0.4 is 15.4 Å². The van der Waals surface area contributed by atoms with Gasteiger partial charge in [0, 0.05) is 19.9 Å². The number of aromatic nitrogens is 2. The Kier molecular flexibility index (Phi) is 8.29. The highest BCUT2D eigenvalue weighted by Gasteiger charge is 2.23. The summed E-state index contributed by atoms with van der Waals surface area (Å²) in [6.07, 6.45) is 3.83. The van der Waals surface area contributed by atoms with E-state index in [9.17, 15) is 4.79 Å². The average Bonchev–Trinajstić information content (AvgIpc) is 3.20. The Morgan fingerprint density at radius 1 is 1.29 bits per heavy atom. The Hall–Kier alpha value is -2.09. The van der Waals surface area contributed by atoms with Gasteiger partial charge in [-0.25, -0.2) is 0 Å². The average molecular weight is 409 g/mol. The third-order valence-electron chi connectivity index (χ3n) is 5.00. The van der Waals surface area contributed by atoms with Gasteiger partial charge < -0.3 is 20.1 Å². The zero-order valence-electron chi connectivity index (χ0n) is 16.6. The number of ether oxygens (including phenoxy) is 2. The fourth-order valence-electron chi connectivity index (χ4n) is 3.50. The Morgan fingerprint density at radius 3 is 2.64 bits per heavy atom. The van der Waals surface area contributed by atoms with E-state index in [0.29, 0.717) is 11.7 Å². The van der Waals surface area contributed by atoms with E-state index in [1.165, 1.54) is 0 Å². The largest absolute Gasteiger partial charge is 0.497 e. The van der Waals surface area contributed by atoms with Gasteiger partial charge in [-0.2, -0.15) is 5.10 Å². The lowest BCUT2D eigenvalue weighted by molar-refractivity contribution is 0.0641. The molecule has 0 radical (unpaired) electrons. The molecule has 7 nitrogen and oxygen atoms in total. The first-order valence-electron chi connectivity index (χ1n) is 9.36. The van der Waals surface area contributed by atoms with Gasteiger partial charge in [-0.3, -0.25) is 9.48 Å². The lowest BCUT2D eigenvalue weighted by Crippen LogP contribution is -2.38. The molecule has 1 saturated heterocycles. The van der Waals surface area contributed by atoms with Crippen LogP contribution in [0.1, 0.15) is 48.0 Å². The third-order valence-corrected chi connectivity index (χ3v) is 5.00. The predicted octanol–water partition coefficient (Wildman–Crippen LogP) is 2.74. The van der Waals surface area contributed by atoms with E-state index in [4.69, 9.17) is 9.47 Å². The summed E-state index contributed by atoms with van der Waals surface area (Å²) in [6.45, 7) is 3.87. The minimum absolute atomic E-state index is 0. The monoisotopic (exact) mass is 408 g/mol. The molecule has 1 aliphatic rings. The van der Waals surface area contributed by atoms with Crippen molar-refractivity contribution in [2.45, 2.75) is 38.0 Å². The van der Waals surface area contributed by atoms with Crippen LogP contribution in [0.15, 0.2) is 36.5 Å². The topological polar surface area (TPSA) is 77.4 Å². The van der Waals surface area contributed by atoms with E-state index in [0.717, 1.165) is 37.2 Å². The van der Waals surface area contributed by atoms with E-state index in [2.05, 4.69) is 15.7 Å². The highest BCUT2D eigenvalue weighted by Crippen LogP contribution is 2.23. The molecule has 1 fully saturated rings. The van der Waals surface area contributed by atoms with Crippen LogP contribution in [0.3, 0.4) is 0 Å². The number of nitrogens with zero attached hydrogens (tertiary/aromatic N) is 2. The molecule has 1 aromatic carbocycles. The van der Waals surface area contributed by atoms with E-state index in [1.54, 1.807) is 20.3 Å². The van der Waals surface area contributed by atoms with Crippen LogP contribution in [0, 0.1) is 0 Å². The van der Waals surface area contributed by atoms with E-state index >= 15 is 0 Å². The Morgan fingerprint density at radius 2 is 2.04 bits per heavy atom. The summed E-state index contributed by atoms with van der Waals surface area (Å²) >= 11 is 0. The van der Waals surface area contributed by atoms with Gasteiger partial charge in [0.1, 0.15) is 17.5 Å². The number of hydrogen-bond donors (Lipinski definition) is 2. The van der Waals surface area contributed by atoms with Crippen molar-refractivity contribution in [3.63, 3.8) is 0 Å². The van der Waals surface area contributed by atoms with Gasteiger partial charge in [0.15, 0.2) is 0 Å². The fourth-order valence-corrected chi connectivity index (χ4v) is 3.50. The van der Waals surface area contributed by atoms with Crippen LogP contribution >= 0.6 is 12.4 Å². The number of amides is 1. The highest BCUT2D eigenvalue weighted by atomic mass is 35.5. The maximum absolute atomic E-state index is 12.6. The molecular formula is C20H29ClN4O3. The molecule has 1 aromatic heterocycles. The van der Waals surface area contributed by atoms with Crippen LogP contribution in [0.4, 0.5) is 0 Å². The standard InChI is InChI=1S/C20H28N4O3.ClH/c1-14(19(27-3)15-6-8-17(26-2)9-7-15)22-20(25)18-10-12-24(23-18)16-5-4-11-21-13-16;/h6-10,12,14,16,19,21H,4-5,11,13H2,1-3H3,(H,22,25);1H. The number of carbonyl (C=O) groups is 1. The summed E-state index contributed by atoms with van der Waals surface area (Å²) in [5.74, 6) is 0.591. The second-order valence-corrected chi connectivity index (χ2v) is 6.87. The maximum atomic E-state index is 12.6. The van der Waals surface area contributed by atoms with Gasteiger partial charge in [0.2, 0.25) is 0 Å². The van der Waals surface area contributed by atoms with Crippen LogP contribution in [0.2, 0.25) is 0 Å². The molecule has 28 heavy (non-hydrogen) atoms. The second-order valence-electron chi connectivity index (χ2n) is 6.87. The van der Waals surface area contributed by atoms with E-state index in [-0.39, 0.29) is 30.5 Å². The van der Waals surface area contributed by atoms with Crippen LogP contribution in [0.5, 0.6) is 5.75 Å². The van der Waals surface area contributed by atoms with E-state index < -0.39 is 0 Å². The minimum Gasteiger partial charge on any atom is -0.497 e. The summed E-state index contributed by atoms with van der Waals surface area (Å²) in [5.41, 5.74) is 1.40. The van der Waals surface area contributed by atoms with Gasteiger partial charge in [-0.1, -0.05) is 12.1 Å². The minimum atomic E-state index is -0.260. The molecule has 3 atom stereocenters. The van der Waals surface area contributed by atoms with Gasteiger partial charge >= 0.3 is 0 Å². The summed E-state index contributed by atoms with van der Waals surface area (Å²) < 4.78 is 12.7. The van der Waals surface area contributed by atoms with Crippen molar-refractivity contribution in [1.82, 2.24) is 20.4 Å². The molecule has 3 rings (SSSR count). The number of carbonyl (C=O) groups excluding carboxylic acids is 1. The molecule has 2 heterocycles. The van der Waals surface area contributed by atoms with Crippen molar-refractivity contribution in [2.24, 2.45) is 0 Å². The van der Waals surface area contributed by atoms with Gasteiger partial charge in [-0.15, -0.1) is 12.4 Å². The SMILES string of the molecule is COc1ccc(C(OC)C(C)NC(=O)c2ccn(C3CCCNC3)n2)cc1.Cl. The van der Waals surface area contributed by atoms with Crippen molar-refractivity contribution < 1.29 is 14.3 Å². The summed E-state index contributed by atoms with van der Waals surface area (Å²) in [7, 11) is 3.27. The molecule has 0 spiro atoms. The van der Waals surface area contributed by atoms with Gasteiger partial charge in [-0.05, 0) is 50.1 Å². The van der Waals surface area contributed by atoms with Crippen LogP contribution in [-0.4, -0.2) is 49.0 Å². The quantitative estimate of drug-likeness (QED) is 0.736. The number of benzene rings is 1. The maximum Gasteiger partial charge on any atom is 0.272 e. The fraction of sp³-hybridized carbons (Fsp3) is 0.500. The summed E-state index contributed by atoms with van der Waals surface area (Å²) in [4.78, 5) is 12.6. The van der Waals surface area contributed by atoms with Crippen molar-refractivity contribution in [1.29, 1.82) is 0 Å². The number of rotatable bonds is 7. The Labute approximate surface area is 172 Å². The highest BCUT2D eigenvalue weighted by molar-refractivity contribution is 5.92. The van der Waals surface area contributed by atoms with Crippen LogP contribution in [-0.2, 0) is 4.74 Å².